The molecule has 5 nitrogen and oxygen atoms in total. The molecular weight excluding hydrogens is 186 g/mol. The van der Waals surface area contributed by atoms with Crippen LogP contribution in [0.4, 0.5) is 0 Å². The van der Waals surface area contributed by atoms with Gasteiger partial charge in [-0.05, 0) is 6.42 Å². The molecule has 3 aliphatic rings. The highest BCUT2D eigenvalue weighted by Gasteiger charge is 2.60. The molecule has 0 aromatic carbocycles. The minimum atomic E-state index is -0.474. The summed E-state index contributed by atoms with van der Waals surface area (Å²) in [6, 6.07) is 0. The summed E-state index contributed by atoms with van der Waals surface area (Å²) in [4.78, 5) is 10.1. The second-order valence-electron chi connectivity index (χ2n) is 4.14. The fourth-order valence-electron chi connectivity index (χ4n) is 2.76. The van der Waals surface area contributed by atoms with Gasteiger partial charge in [-0.2, -0.15) is 0 Å². The molecule has 0 aromatic rings. The molecule has 1 spiro atoms. The van der Waals surface area contributed by atoms with E-state index in [9.17, 15) is 10.1 Å². The summed E-state index contributed by atoms with van der Waals surface area (Å²) in [6.45, 7) is 0.437. The van der Waals surface area contributed by atoms with Gasteiger partial charge in [-0.15, -0.1) is 0 Å². The van der Waals surface area contributed by atoms with Gasteiger partial charge in [0.05, 0.1) is 12.7 Å². The highest BCUT2D eigenvalue weighted by Crippen LogP contribution is 2.50. The summed E-state index contributed by atoms with van der Waals surface area (Å²) in [5.41, 5.74) is -0.474. The number of hydrogen-bond donors (Lipinski definition) is 0. The average molecular weight is 197 g/mol. The smallest absolute Gasteiger partial charge is 0.232 e. The van der Waals surface area contributed by atoms with Crippen molar-refractivity contribution in [3.05, 3.63) is 22.3 Å². The van der Waals surface area contributed by atoms with Gasteiger partial charge in [0.15, 0.2) is 6.10 Å². The van der Waals surface area contributed by atoms with Gasteiger partial charge in [0.25, 0.3) is 0 Å². The third kappa shape index (κ3) is 0.911. The quantitative estimate of drug-likeness (QED) is 0.364. The Kier molecular flexibility index (Phi) is 1.52. The molecule has 0 aromatic heterocycles. The van der Waals surface area contributed by atoms with Gasteiger partial charge in [0, 0.05) is 10.8 Å². The maximum Gasteiger partial charge on any atom is 0.232 e. The van der Waals surface area contributed by atoms with E-state index in [4.69, 9.17) is 9.47 Å². The molecule has 0 N–H and O–H groups in total. The summed E-state index contributed by atoms with van der Waals surface area (Å²) in [7, 11) is 0. The van der Waals surface area contributed by atoms with Crippen molar-refractivity contribution >= 4 is 0 Å². The van der Waals surface area contributed by atoms with Crippen LogP contribution in [0.25, 0.3) is 0 Å². The molecular formula is C9H11NO4. The highest BCUT2D eigenvalue weighted by atomic mass is 16.6. The van der Waals surface area contributed by atoms with Crippen molar-refractivity contribution in [3.8, 4) is 0 Å². The standard InChI is InChI=1S/C9H11NO4/c11-10(12)4-8-9-2-1-7(14-9)3-6(9)5-13-8/h1-2,6-8H,3-5H2/t6-,7+,8+,9-/m0/s1. The van der Waals surface area contributed by atoms with Gasteiger partial charge < -0.3 is 9.47 Å². The van der Waals surface area contributed by atoms with Crippen molar-refractivity contribution in [1.29, 1.82) is 0 Å². The van der Waals surface area contributed by atoms with E-state index in [1.807, 2.05) is 12.2 Å². The molecule has 0 unspecified atom stereocenters. The minimum Gasteiger partial charge on any atom is -0.368 e. The number of hydrogen-bond acceptors (Lipinski definition) is 4. The van der Waals surface area contributed by atoms with E-state index in [2.05, 4.69) is 0 Å². The van der Waals surface area contributed by atoms with E-state index in [0.717, 1.165) is 6.42 Å². The third-order valence-electron chi connectivity index (χ3n) is 3.40. The Morgan fingerprint density at radius 1 is 1.64 bits per heavy atom. The first-order valence-electron chi connectivity index (χ1n) is 4.81. The van der Waals surface area contributed by atoms with E-state index in [-0.39, 0.29) is 17.6 Å². The van der Waals surface area contributed by atoms with Gasteiger partial charge in [-0.3, -0.25) is 10.1 Å². The highest BCUT2D eigenvalue weighted by molar-refractivity contribution is 5.25. The van der Waals surface area contributed by atoms with E-state index in [0.29, 0.717) is 12.5 Å². The molecule has 5 heteroatoms. The van der Waals surface area contributed by atoms with Crippen LogP contribution in [0.1, 0.15) is 6.42 Å². The first-order chi connectivity index (χ1) is 6.71. The number of rotatable bonds is 2. The van der Waals surface area contributed by atoms with E-state index < -0.39 is 11.7 Å². The maximum absolute atomic E-state index is 10.5. The summed E-state index contributed by atoms with van der Waals surface area (Å²) in [5.74, 6) is 0.322. The van der Waals surface area contributed by atoms with Crippen LogP contribution in [0.15, 0.2) is 12.2 Å². The molecule has 2 bridgehead atoms. The zero-order valence-corrected chi connectivity index (χ0v) is 7.59. The van der Waals surface area contributed by atoms with Crippen LogP contribution in [-0.2, 0) is 9.47 Å². The summed E-state index contributed by atoms with van der Waals surface area (Å²) in [6.07, 6.45) is 4.68. The maximum atomic E-state index is 10.5. The SMILES string of the molecule is O=[N+]([O-])C[C@H]1OC[C@@H]2C[C@H]3C=C[C@]21O3. The van der Waals surface area contributed by atoms with Crippen molar-refractivity contribution in [2.75, 3.05) is 13.2 Å². The van der Waals surface area contributed by atoms with Gasteiger partial charge in [-0.25, -0.2) is 0 Å². The Morgan fingerprint density at radius 3 is 3.21 bits per heavy atom. The molecule has 0 radical (unpaired) electrons. The first kappa shape index (κ1) is 8.38. The lowest BCUT2D eigenvalue weighted by molar-refractivity contribution is -0.493. The monoisotopic (exact) mass is 197 g/mol. The van der Waals surface area contributed by atoms with Crippen LogP contribution in [0.2, 0.25) is 0 Å². The first-order valence-corrected chi connectivity index (χ1v) is 4.81. The van der Waals surface area contributed by atoms with Crippen molar-refractivity contribution in [2.24, 2.45) is 5.92 Å². The minimum absolute atomic E-state index is 0.159. The predicted molar refractivity (Wildman–Crippen MR) is 46.5 cm³/mol. The van der Waals surface area contributed by atoms with Crippen molar-refractivity contribution < 1.29 is 14.4 Å². The van der Waals surface area contributed by atoms with Crippen molar-refractivity contribution in [3.63, 3.8) is 0 Å². The number of ether oxygens (including phenoxy) is 2. The fourth-order valence-corrected chi connectivity index (χ4v) is 2.76. The van der Waals surface area contributed by atoms with Crippen LogP contribution in [0.3, 0.4) is 0 Å². The topological polar surface area (TPSA) is 61.6 Å². The summed E-state index contributed by atoms with van der Waals surface area (Å²) in [5, 5.41) is 10.5. The summed E-state index contributed by atoms with van der Waals surface area (Å²) < 4.78 is 11.2. The molecule has 2 fully saturated rings. The molecule has 2 saturated heterocycles. The lowest BCUT2D eigenvalue weighted by Gasteiger charge is -2.25. The number of fused-ring (bicyclic) bond motifs is 1. The Hall–Kier alpha value is -0.940. The molecule has 0 aliphatic carbocycles. The molecule has 3 aliphatic heterocycles. The molecule has 0 amide bonds. The van der Waals surface area contributed by atoms with E-state index in [1.165, 1.54) is 0 Å². The van der Waals surface area contributed by atoms with Gasteiger partial charge in [0.2, 0.25) is 6.54 Å². The van der Waals surface area contributed by atoms with Crippen LogP contribution in [0.5, 0.6) is 0 Å². The molecule has 4 atom stereocenters. The normalized spacial score (nSPS) is 48.4. The van der Waals surface area contributed by atoms with Crippen LogP contribution in [-0.4, -0.2) is 35.9 Å². The average Bonchev–Trinajstić information content (AvgIpc) is 2.75. The zero-order valence-electron chi connectivity index (χ0n) is 7.59. The fraction of sp³-hybridized carbons (Fsp3) is 0.778. The molecule has 0 saturated carbocycles. The predicted octanol–water partition coefficient (Wildman–Crippen LogP) is 0.376. The summed E-state index contributed by atoms with van der Waals surface area (Å²) >= 11 is 0. The number of nitro groups is 1. The Morgan fingerprint density at radius 2 is 2.50 bits per heavy atom. The third-order valence-corrected chi connectivity index (χ3v) is 3.40. The van der Waals surface area contributed by atoms with Gasteiger partial charge in [-0.1, -0.05) is 12.2 Å². The molecule has 76 valence electrons. The van der Waals surface area contributed by atoms with Crippen molar-refractivity contribution in [1.82, 2.24) is 0 Å². The molecule has 3 heterocycles. The van der Waals surface area contributed by atoms with E-state index >= 15 is 0 Å². The number of nitrogens with zero attached hydrogens (tertiary/aromatic N) is 1. The van der Waals surface area contributed by atoms with Crippen LogP contribution >= 0.6 is 0 Å². The Bertz CT molecular complexity index is 316. The second kappa shape index (κ2) is 2.55. The molecule has 14 heavy (non-hydrogen) atoms. The van der Waals surface area contributed by atoms with Crippen molar-refractivity contribution in [2.45, 2.75) is 24.2 Å². The lowest BCUT2D eigenvalue weighted by Crippen LogP contribution is -2.43. The largest absolute Gasteiger partial charge is 0.368 e. The van der Waals surface area contributed by atoms with E-state index in [1.54, 1.807) is 0 Å². The van der Waals surface area contributed by atoms with Crippen LogP contribution in [0, 0.1) is 16.0 Å². The Balaban J connectivity index is 1.88. The van der Waals surface area contributed by atoms with Gasteiger partial charge in [0.1, 0.15) is 5.60 Å². The van der Waals surface area contributed by atoms with Gasteiger partial charge >= 0.3 is 0 Å². The second-order valence-corrected chi connectivity index (χ2v) is 4.14. The Labute approximate surface area is 80.8 Å². The zero-order chi connectivity index (χ0) is 9.76. The molecule has 3 rings (SSSR count). The van der Waals surface area contributed by atoms with Crippen LogP contribution < -0.4 is 0 Å². The lowest BCUT2D eigenvalue weighted by atomic mass is 9.82.